The lowest BCUT2D eigenvalue weighted by molar-refractivity contribution is -0.870. The Morgan fingerprint density at radius 3 is 1.31 bits per heavy atom. The number of hydrogen-bond donors (Lipinski definition) is 3. The molecule has 0 heterocycles. The monoisotopic (exact) mass is 1010 g/mol. The zero-order valence-electron chi connectivity index (χ0n) is 46.5. The second kappa shape index (κ2) is 51.1. The quantitative estimate of drug-likeness (QED) is 0.0240. The highest BCUT2D eigenvalue weighted by molar-refractivity contribution is 7.45. The summed E-state index contributed by atoms with van der Waals surface area (Å²) in [6.07, 6.45) is 68.0. The van der Waals surface area contributed by atoms with Gasteiger partial charge >= 0.3 is 0 Å². The van der Waals surface area contributed by atoms with E-state index < -0.39 is 32.7 Å². The van der Waals surface area contributed by atoms with Crippen molar-refractivity contribution >= 4 is 13.7 Å². The van der Waals surface area contributed by atoms with Gasteiger partial charge < -0.3 is 34.0 Å². The van der Waals surface area contributed by atoms with Crippen LogP contribution < -0.4 is 10.2 Å². The number of phosphoric acid groups is 1. The van der Waals surface area contributed by atoms with Crippen LogP contribution in [-0.2, 0) is 18.4 Å². The molecule has 4 unspecified atom stereocenters. The second-order valence-electron chi connectivity index (χ2n) is 20.7. The van der Waals surface area contributed by atoms with Crippen molar-refractivity contribution in [3.8, 4) is 0 Å². The van der Waals surface area contributed by atoms with Crippen LogP contribution in [-0.4, -0.2) is 79.8 Å². The Bertz CT molecular complexity index is 1450. The van der Waals surface area contributed by atoms with E-state index >= 15 is 0 Å². The molecule has 0 rings (SSSR count). The molecule has 0 aromatic carbocycles. The van der Waals surface area contributed by atoms with E-state index in [0.717, 1.165) is 70.6 Å². The van der Waals surface area contributed by atoms with Crippen molar-refractivity contribution in [1.82, 2.24) is 5.32 Å². The van der Waals surface area contributed by atoms with Gasteiger partial charge in [0.2, 0.25) is 5.91 Å². The van der Waals surface area contributed by atoms with E-state index in [4.69, 9.17) is 9.05 Å². The zero-order valence-corrected chi connectivity index (χ0v) is 47.4. The average Bonchev–Trinajstić information content (AvgIpc) is 3.33. The Morgan fingerprint density at radius 2 is 0.887 bits per heavy atom. The van der Waals surface area contributed by atoms with Crippen LogP contribution in [0.15, 0.2) is 85.1 Å². The predicted octanol–water partition coefficient (Wildman–Crippen LogP) is 16.0. The first-order valence-electron chi connectivity index (χ1n) is 29.0. The number of allylic oxidation sites excluding steroid dienone is 14. The largest absolute Gasteiger partial charge is 0.756 e. The molecule has 3 N–H and O–H groups in total. The van der Waals surface area contributed by atoms with Crippen LogP contribution in [0.25, 0.3) is 0 Å². The van der Waals surface area contributed by atoms with Crippen LogP contribution in [0.3, 0.4) is 0 Å². The predicted molar refractivity (Wildman–Crippen MR) is 303 cm³/mol. The molecule has 71 heavy (non-hydrogen) atoms. The van der Waals surface area contributed by atoms with Crippen molar-refractivity contribution in [3.05, 3.63) is 85.1 Å². The number of phosphoric ester groups is 1. The first-order chi connectivity index (χ1) is 34.4. The Labute approximate surface area is 438 Å². The summed E-state index contributed by atoms with van der Waals surface area (Å²) in [5, 5.41) is 24.7. The van der Waals surface area contributed by atoms with Gasteiger partial charge in [0.05, 0.1) is 39.9 Å². The molecule has 0 aliphatic heterocycles. The molecule has 0 aliphatic rings. The number of amides is 1. The highest BCUT2D eigenvalue weighted by Gasteiger charge is 2.29. The molecule has 0 fully saturated rings. The number of unbranched alkanes of at least 4 members (excludes halogenated alkanes) is 24. The average molecular weight is 1020 g/mol. The number of carbonyl (C=O) groups is 1. The zero-order chi connectivity index (χ0) is 52.2. The van der Waals surface area contributed by atoms with E-state index in [1.165, 1.54) is 128 Å². The minimum absolute atomic E-state index is 0.0482. The normalized spacial score (nSPS) is 15.0. The first kappa shape index (κ1) is 68.6. The van der Waals surface area contributed by atoms with E-state index in [1.54, 1.807) is 0 Å². The van der Waals surface area contributed by atoms with Gasteiger partial charge in [-0.1, -0.05) is 227 Å². The maximum atomic E-state index is 13.0. The maximum Gasteiger partial charge on any atom is 0.268 e. The third-order valence-electron chi connectivity index (χ3n) is 12.7. The molecule has 1 amide bonds. The number of quaternary nitrogens is 1. The number of rotatable bonds is 52. The van der Waals surface area contributed by atoms with Crippen LogP contribution >= 0.6 is 7.82 Å². The van der Waals surface area contributed by atoms with Gasteiger partial charge in [-0.2, -0.15) is 0 Å². The number of nitrogens with zero attached hydrogens (tertiary/aromatic N) is 1. The molecular weight excluding hydrogens is 904 g/mol. The van der Waals surface area contributed by atoms with Crippen LogP contribution in [0.4, 0.5) is 0 Å². The highest BCUT2D eigenvalue weighted by Crippen LogP contribution is 2.38. The van der Waals surface area contributed by atoms with E-state index in [2.05, 4.69) is 104 Å². The highest BCUT2D eigenvalue weighted by atomic mass is 31.2. The Hall–Kier alpha value is -2.36. The molecule has 0 spiro atoms. The molecule has 0 saturated carbocycles. The van der Waals surface area contributed by atoms with Crippen LogP contribution in [0, 0.1) is 0 Å². The summed E-state index contributed by atoms with van der Waals surface area (Å²) >= 11 is 0. The lowest BCUT2D eigenvalue weighted by Crippen LogP contribution is -2.51. The van der Waals surface area contributed by atoms with Gasteiger partial charge in [-0.15, -0.1) is 0 Å². The Morgan fingerprint density at radius 1 is 0.521 bits per heavy atom. The fraction of sp³-hybridized carbons (Fsp3) is 0.754. The molecule has 0 aliphatic carbocycles. The number of carbonyl (C=O) groups excluding carboxylic acids is 1. The molecule has 9 nitrogen and oxygen atoms in total. The van der Waals surface area contributed by atoms with Gasteiger partial charge in [-0.3, -0.25) is 9.36 Å². The molecule has 4 atom stereocenters. The topological polar surface area (TPSA) is 128 Å². The first-order valence-corrected chi connectivity index (χ1v) is 30.5. The number of nitrogens with one attached hydrogen (secondary N) is 1. The van der Waals surface area contributed by atoms with Crippen molar-refractivity contribution in [3.63, 3.8) is 0 Å². The number of aliphatic hydroxyl groups excluding tert-OH is 2. The van der Waals surface area contributed by atoms with Gasteiger partial charge in [0.1, 0.15) is 19.3 Å². The smallest absolute Gasteiger partial charge is 0.268 e. The molecule has 0 radical (unpaired) electrons. The Kier molecular flexibility index (Phi) is 49.4. The van der Waals surface area contributed by atoms with Crippen LogP contribution in [0.2, 0.25) is 0 Å². The lowest BCUT2D eigenvalue weighted by Gasteiger charge is -2.31. The number of aliphatic hydroxyl groups is 2. The fourth-order valence-corrected chi connectivity index (χ4v) is 8.86. The van der Waals surface area contributed by atoms with Gasteiger partial charge in [0, 0.05) is 6.42 Å². The van der Waals surface area contributed by atoms with Gasteiger partial charge in [0.25, 0.3) is 7.82 Å². The van der Waals surface area contributed by atoms with Gasteiger partial charge in [0.15, 0.2) is 0 Å². The van der Waals surface area contributed by atoms with E-state index in [0.29, 0.717) is 30.3 Å². The SMILES string of the molecule is CC/C=C\C/C=C\C/C=C\C/C=C\C/C=C\C/C=C\CCCCCCCCCCCCCCCCCCC(=O)NC(COP(=O)([O-])OCC[N+](C)(C)C)C(O)C(O)CCC/C=C/CCCCCCCCC. The summed E-state index contributed by atoms with van der Waals surface area (Å²) in [5.41, 5.74) is 0. The molecule has 412 valence electrons. The third-order valence-corrected chi connectivity index (χ3v) is 13.7. The van der Waals surface area contributed by atoms with Crippen LogP contribution in [0.1, 0.15) is 239 Å². The van der Waals surface area contributed by atoms with Crippen molar-refractivity contribution in [2.45, 2.75) is 257 Å². The minimum Gasteiger partial charge on any atom is -0.756 e. The molecule has 10 heteroatoms. The summed E-state index contributed by atoms with van der Waals surface area (Å²) < 4.78 is 23.2. The Balaban J connectivity index is 4.11. The molecule has 0 bridgehead atoms. The lowest BCUT2D eigenvalue weighted by atomic mass is 10.0. The summed E-state index contributed by atoms with van der Waals surface area (Å²) in [5.74, 6) is -0.290. The van der Waals surface area contributed by atoms with E-state index in [-0.39, 0.29) is 18.9 Å². The maximum absolute atomic E-state index is 13.0. The number of hydrogen-bond acceptors (Lipinski definition) is 7. The minimum atomic E-state index is -4.68. The summed E-state index contributed by atoms with van der Waals surface area (Å²) in [6.45, 7) is 4.29. The van der Waals surface area contributed by atoms with Crippen molar-refractivity contribution in [2.75, 3.05) is 40.9 Å². The van der Waals surface area contributed by atoms with Crippen molar-refractivity contribution in [1.29, 1.82) is 0 Å². The third kappa shape index (κ3) is 52.3. The van der Waals surface area contributed by atoms with E-state index in [9.17, 15) is 24.5 Å². The van der Waals surface area contributed by atoms with Crippen molar-refractivity contribution in [2.24, 2.45) is 0 Å². The summed E-state index contributed by atoms with van der Waals surface area (Å²) in [4.78, 5) is 25.5. The molecule has 0 aromatic heterocycles. The molecule has 0 aromatic rings. The fourth-order valence-electron chi connectivity index (χ4n) is 8.14. The van der Waals surface area contributed by atoms with Gasteiger partial charge in [-0.25, -0.2) is 0 Å². The van der Waals surface area contributed by atoms with E-state index in [1.807, 2.05) is 21.1 Å². The second-order valence-corrected chi connectivity index (χ2v) is 22.2. The van der Waals surface area contributed by atoms with Gasteiger partial charge in [-0.05, 0) is 89.9 Å². The van der Waals surface area contributed by atoms with Crippen LogP contribution in [0.5, 0.6) is 0 Å². The molecule has 0 saturated heterocycles. The summed E-state index contributed by atoms with van der Waals surface area (Å²) in [7, 11) is 1.10. The van der Waals surface area contributed by atoms with Crippen molar-refractivity contribution < 1.29 is 38.0 Å². The number of likely N-dealkylation sites (N-methyl/N-ethyl adjacent to an activating group) is 1. The standard InChI is InChI=1S/C61H111N2O7P/c1-6-8-10-12-14-16-18-20-21-22-23-24-25-26-27-28-29-30-31-32-33-34-35-36-37-38-39-40-41-42-44-46-48-50-52-54-60(65)62-58(57-70-71(67,68)69-56-55-63(3,4)5)61(66)59(64)53-51-49-47-45-43-19-17-15-13-11-9-7-2/h8,10,14,16,20-21,23-24,26-27,29-30,45,47,58-59,61,64,66H,6-7,9,11-13,15,17-19,22,25,28,31-44,46,48-57H2,1-5H3,(H-,62,65,67,68)/b10-8-,16-14-,21-20-,24-23-,27-26-,30-29-,47-45+. The molecular formula is C61H111N2O7P. The summed E-state index contributed by atoms with van der Waals surface area (Å²) in [6, 6.07) is -1.09.